The molecule has 0 spiro atoms. The van der Waals surface area contributed by atoms with Crippen molar-refractivity contribution >= 4 is 28.4 Å². The van der Waals surface area contributed by atoms with E-state index in [0.717, 1.165) is 28.8 Å². The van der Waals surface area contributed by atoms with Crippen LogP contribution in [0.2, 0.25) is 0 Å². The lowest BCUT2D eigenvalue weighted by atomic mass is 9.76. The number of anilines is 1. The first-order chi connectivity index (χ1) is 17.7. The Morgan fingerprint density at radius 2 is 1.89 bits per heavy atom. The molecule has 3 nitrogen and oxygen atoms in total. The molecule has 0 amide bonds. The number of benzene rings is 4. The van der Waals surface area contributed by atoms with Crippen molar-refractivity contribution in [2.45, 2.75) is 25.3 Å². The van der Waals surface area contributed by atoms with Crippen LogP contribution >= 0.6 is 0 Å². The van der Waals surface area contributed by atoms with Gasteiger partial charge < -0.3 is 10.1 Å². The molecule has 3 heteroatoms. The molecule has 0 saturated carbocycles. The van der Waals surface area contributed by atoms with Crippen LogP contribution in [0.3, 0.4) is 0 Å². The summed E-state index contributed by atoms with van der Waals surface area (Å²) in [4.78, 5) is 4.83. The molecule has 3 atom stereocenters. The Balaban J connectivity index is 1.28. The van der Waals surface area contributed by atoms with E-state index in [2.05, 4.69) is 97.7 Å². The van der Waals surface area contributed by atoms with Crippen molar-refractivity contribution in [3.05, 3.63) is 126 Å². The van der Waals surface area contributed by atoms with Crippen LogP contribution in [0.4, 0.5) is 11.4 Å². The summed E-state index contributed by atoms with van der Waals surface area (Å²) in [6, 6.07) is 28.1. The molecule has 0 radical (unpaired) electrons. The Bertz CT molecular complexity index is 1480. The molecule has 0 unspecified atom stereocenters. The van der Waals surface area contributed by atoms with Gasteiger partial charge in [-0.1, -0.05) is 85.0 Å². The molecule has 178 valence electrons. The number of allylic oxidation sites excluding steroid dienone is 2. The van der Waals surface area contributed by atoms with Crippen LogP contribution in [0.5, 0.6) is 5.75 Å². The lowest BCUT2D eigenvalue weighted by Crippen LogP contribution is -2.29. The molecule has 0 fully saturated rings. The predicted octanol–water partition coefficient (Wildman–Crippen LogP) is 8.29. The summed E-state index contributed by atoms with van der Waals surface area (Å²) in [6.07, 6.45) is 9.52. The van der Waals surface area contributed by atoms with E-state index >= 15 is 0 Å². The van der Waals surface area contributed by atoms with Gasteiger partial charge in [-0.2, -0.15) is 0 Å². The quantitative estimate of drug-likeness (QED) is 0.227. The number of nitrogens with one attached hydrogen (secondary N) is 1. The highest BCUT2D eigenvalue weighted by atomic mass is 16.5. The largest absolute Gasteiger partial charge is 0.489 e. The third-order valence-electron chi connectivity index (χ3n) is 7.40. The van der Waals surface area contributed by atoms with Crippen LogP contribution in [-0.4, -0.2) is 12.8 Å². The van der Waals surface area contributed by atoms with Crippen LogP contribution in [0.1, 0.15) is 40.6 Å². The summed E-state index contributed by atoms with van der Waals surface area (Å²) in [6.45, 7) is 6.41. The standard InChI is InChI=1S/C33H30N2O/c1-3-19-36-32-18-14-23-7-4-5-8-26(23)30(32)21-34-25-15-12-24(13-16-25)33-28-10-6-9-27(28)29-20-22(2)11-17-31(29)35-33/h3-9,11-18,20-21,27-28,33,35H,1,10,19H2,2H3/t27-,28+,33+/m1/s1. The highest BCUT2D eigenvalue weighted by molar-refractivity contribution is 6.03. The van der Waals surface area contributed by atoms with E-state index in [1.165, 1.54) is 27.8 Å². The summed E-state index contributed by atoms with van der Waals surface area (Å²) < 4.78 is 5.93. The van der Waals surface area contributed by atoms with Gasteiger partial charge in [0, 0.05) is 23.4 Å². The van der Waals surface area contributed by atoms with Crippen molar-refractivity contribution in [1.82, 2.24) is 0 Å². The first kappa shape index (κ1) is 22.4. The number of ether oxygens (including phenoxy) is 1. The SMILES string of the molecule is C=CCOc1ccc2ccccc2c1C=Nc1ccc([C@@H]2Nc3ccc(C)cc3[C@@H]3C=CC[C@@H]32)cc1. The minimum absolute atomic E-state index is 0.287. The number of nitrogens with zero attached hydrogens (tertiary/aromatic N) is 1. The van der Waals surface area contributed by atoms with Gasteiger partial charge in [-0.15, -0.1) is 0 Å². The van der Waals surface area contributed by atoms with Gasteiger partial charge in [0.1, 0.15) is 12.4 Å². The smallest absolute Gasteiger partial charge is 0.129 e. The molecular formula is C33H30N2O. The van der Waals surface area contributed by atoms with E-state index in [0.29, 0.717) is 18.4 Å². The fraction of sp³-hybridized carbons (Fsp3) is 0.182. The van der Waals surface area contributed by atoms with Crippen molar-refractivity contribution in [3.63, 3.8) is 0 Å². The van der Waals surface area contributed by atoms with Crippen molar-refractivity contribution in [1.29, 1.82) is 0 Å². The zero-order valence-corrected chi connectivity index (χ0v) is 20.5. The zero-order chi connectivity index (χ0) is 24.5. The number of hydrogen-bond acceptors (Lipinski definition) is 3. The summed E-state index contributed by atoms with van der Waals surface area (Å²) in [5.74, 6) is 1.83. The predicted molar refractivity (Wildman–Crippen MR) is 151 cm³/mol. The van der Waals surface area contributed by atoms with Gasteiger partial charge in [-0.3, -0.25) is 4.99 Å². The maximum Gasteiger partial charge on any atom is 0.129 e. The highest BCUT2D eigenvalue weighted by Gasteiger charge is 2.37. The van der Waals surface area contributed by atoms with Crippen LogP contribution in [0, 0.1) is 12.8 Å². The van der Waals surface area contributed by atoms with Gasteiger partial charge in [-0.05, 0) is 65.4 Å². The summed E-state index contributed by atoms with van der Waals surface area (Å²) in [7, 11) is 0. The molecule has 0 bridgehead atoms. The van der Waals surface area contributed by atoms with E-state index in [1.807, 2.05) is 18.3 Å². The zero-order valence-electron chi connectivity index (χ0n) is 20.5. The Morgan fingerprint density at radius 1 is 1.03 bits per heavy atom. The molecule has 1 aliphatic heterocycles. The van der Waals surface area contributed by atoms with Gasteiger partial charge in [0.05, 0.1) is 11.7 Å². The van der Waals surface area contributed by atoms with Gasteiger partial charge in [0.25, 0.3) is 0 Å². The minimum Gasteiger partial charge on any atom is -0.489 e. The Morgan fingerprint density at radius 3 is 2.75 bits per heavy atom. The minimum atomic E-state index is 0.287. The van der Waals surface area contributed by atoms with Gasteiger partial charge >= 0.3 is 0 Å². The normalized spacial score (nSPS) is 20.2. The summed E-state index contributed by atoms with van der Waals surface area (Å²) in [5, 5.41) is 6.12. The fourth-order valence-electron chi connectivity index (χ4n) is 5.63. The van der Waals surface area contributed by atoms with Crippen LogP contribution in [0.25, 0.3) is 10.8 Å². The van der Waals surface area contributed by atoms with Crippen LogP contribution < -0.4 is 10.1 Å². The maximum atomic E-state index is 5.93. The summed E-state index contributed by atoms with van der Waals surface area (Å²) in [5.41, 5.74) is 7.21. The monoisotopic (exact) mass is 470 g/mol. The third kappa shape index (κ3) is 4.11. The van der Waals surface area contributed by atoms with E-state index in [-0.39, 0.29) is 6.04 Å². The average molecular weight is 471 g/mol. The second-order valence-electron chi connectivity index (χ2n) is 9.71. The van der Waals surface area contributed by atoms with Crippen LogP contribution in [-0.2, 0) is 0 Å². The Labute approximate surface area is 212 Å². The van der Waals surface area contributed by atoms with Crippen LogP contribution in [0.15, 0.2) is 109 Å². The maximum absolute atomic E-state index is 5.93. The number of fused-ring (bicyclic) bond motifs is 4. The first-order valence-electron chi connectivity index (χ1n) is 12.6. The van der Waals surface area contributed by atoms with Gasteiger partial charge in [0.2, 0.25) is 0 Å². The molecule has 2 aliphatic rings. The lowest BCUT2D eigenvalue weighted by molar-refractivity contribution is 0.363. The molecule has 1 aliphatic carbocycles. The number of hydrogen-bond donors (Lipinski definition) is 1. The molecule has 6 rings (SSSR count). The molecular weight excluding hydrogens is 440 g/mol. The topological polar surface area (TPSA) is 33.6 Å². The average Bonchev–Trinajstić information content (AvgIpc) is 3.41. The fourth-order valence-corrected chi connectivity index (χ4v) is 5.63. The van der Waals surface area contributed by atoms with Crippen molar-refractivity contribution < 1.29 is 4.74 Å². The second kappa shape index (κ2) is 9.50. The highest BCUT2D eigenvalue weighted by Crippen LogP contribution is 2.50. The molecule has 1 N–H and O–H groups in total. The van der Waals surface area contributed by atoms with Gasteiger partial charge in [0.15, 0.2) is 0 Å². The Kier molecular flexibility index (Phi) is 5.90. The molecule has 4 aromatic carbocycles. The first-order valence-corrected chi connectivity index (χ1v) is 12.6. The van der Waals surface area contributed by atoms with Crippen molar-refractivity contribution in [2.75, 3.05) is 11.9 Å². The molecule has 1 heterocycles. The van der Waals surface area contributed by atoms with E-state index in [9.17, 15) is 0 Å². The lowest BCUT2D eigenvalue weighted by Gasteiger charge is -2.37. The molecule has 0 aromatic heterocycles. The number of aryl methyl sites for hydroxylation is 1. The van der Waals surface area contributed by atoms with E-state index in [1.54, 1.807) is 6.08 Å². The number of rotatable bonds is 6. The van der Waals surface area contributed by atoms with Crippen molar-refractivity contribution in [2.24, 2.45) is 10.9 Å². The van der Waals surface area contributed by atoms with Crippen molar-refractivity contribution in [3.8, 4) is 5.75 Å². The molecule has 36 heavy (non-hydrogen) atoms. The third-order valence-corrected chi connectivity index (χ3v) is 7.40. The molecule has 4 aromatic rings. The summed E-state index contributed by atoms with van der Waals surface area (Å²) >= 11 is 0. The van der Waals surface area contributed by atoms with Gasteiger partial charge in [-0.25, -0.2) is 0 Å². The van der Waals surface area contributed by atoms with E-state index in [4.69, 9.17) is 9.73 Å². The second-order valence-corrected chi connectivity index (χ2v) is 9.71. The molecule has 0 saturated heterocycles. The Hall–Kier alpha value is -4.11. The number of aliphatic imine (C=N–C) groups is 1. The van der Waals surface area contributed by atoms with E-state index < -0.39 is 0 Å².